The number of aromatic nitrogens is 1. The zero-order chi connectivity index (χ0) is 9.73. The van der Waals surface area contributed by atoms with E-state index in [9.17, 15) is 8.42 Å². The zero-order valence-corrected chi connectivity index (χ0v) is 8.60. The van der Waals surface area contributed by atoms with Gasteiger partial charge in [-0.15, -0.1) is 0 Å². The van der Waals surface area contributed by atoms with Crippen LogP contribution in [0.15, 0.2) is 23.4 Å². The Morgan fingerprint density at radius 1 is 1.38 bits per heavy atom. The van der Waals surface area contributed by atoms with Crippen LogP contribution in [0.25, 0.3) is 0 Å². The first-order valence-electron chi connectivity index (χ1n) is 4.53. The lowest BCUT2D eigenvalue weighted by molar-refractivity contribution is 0.588. The van der Waals surface area contributed by atoms with Crippen LogP contribution in [0.4, 0.5) is 0 Å². The Kier molecular flexibility index (Phi) is 3.54. The number of unbranched alkanes of at least 4 members (excludes halogenated alkanes) is 2. The Bertz CT molecular complexity index is 327. The van der Waals surface area contributed by atoms with Gasteiger partial charge >= 0.3 is 0 Å². The van der Waals surface area contributed by atoms with Crippen molar-refractivity contribution in [1.82, 2.24) is 4.98 Å². The molecule has 0 unspecified atom stereocenters. The average Bonchev–Trinajstić information content (AvgIpc) is 2.56. The Morgan fingerprint density at radius 2 is 2.15 bits per heavy atom. The van der Waals surface area contributed by atoms with Crippen LogP contribution in [0, 0.1) is 0 Å². The lowest BCUT2D eigenvalue weighted by Crippen LogP contribution is -2.06. The van der Waals surface area contributed by atoms with Gasteiger partial charge in [-0.05, 0) is 18.6 Å². The first-order chi connectivity index (χ1) is 6.17. The second kappa shape index (κ2) is 4.46. The summed E-state index contributed by atoms with van der Waals surface area (Å²) in [7, 11) is -3.04. The monoisotopic (exact) mass is 201 g/mol. The van der Waals surface area contributed by atoms with Crippen LogP contribution in [0.1, 0.15) is 26.2 Å². The van der Waals surface area contributed by atoms with Gasteiger partial charge in [-0.3, -0.25) is 0 Å². The molecule has 0 fully saturated rings. The van der Waals surface area contributed by atoms with Gasteiger partial charge in [0.05, 0.1) is 5.75 Å². The van der Waals surface area contributed by atoms with E-state index in [0.29, 0.717) is 5.03 Å². The van der Waals surface area contributed by atoms with Crippen LogP contribution in [0.3, 0.4) is 0 Å². The van der Waals surface area contributed by atoms with Crippen molar-refractivity contribution in [3.63, 3.8) is 0 Å². The molecule has 1 N–H and O–H groups in total. The van der Waals surface area contributed by atoms with Gasteiger partial charge in [-0.25, -0.2) is 8.42 Å². The third-order valence-electron chi connectivity index (χ3n) is 1.92. The fourth-order valence-corrected chi connectivity index (χ4v) is 2.50. The molecule has 1 aromatic heterocycles. The Labute approximate surface area is 79.1 Å². The Balaban J connectivity index is 2.58. The molecule has 13 heavy (non-hydrogen) atoms. The second-order valence-electron chi connectivity index (χ2n) is 3.06. The Morgan fingerprint density at radius 3 is 2.69 bits per heavy atom. The van der Waals surface area contributed by atoms with E-state index in [-0.39, 0.29) is 5.75 Å². The average molecular weight is 201 g/mol. The minimum absolute atomic E-state index is 0.251. The van der Waals surface area contributed by atoms with Crippen molar-refractivity contribution in [3.8, 4) is 0 Å². The molecule has 4 heteroatoms. The molecule has 1 aromatic rings. The molecule has 0 radical (unpaired) electrons. The third kappa shape index (κ3) is 2.88. The molecule has 0 bridgehead atoms. The number of rotatable bonds is 5. The maximum Gasteiger partial charge on any atom is 0.193 e. The molecule has 3 nitrogen and oxygen atoms in total. The smallest absolute Gasteiger partial charge is 0.193 e. The van der Waals surface area contributed by atoms with E-state index < -0.39 is 9.84 Å². The summed E-state index contributed by atoms with van der Waals surface area (Å²) in [4.78, 5) is 2.72. The highest BCUT2D eigenvalue weighted by Gasteiger charge is 2.13. The van der Waals surface area contributed by atoms with Crippen molar-refractivity contribution in [1.29, 1.82) is 0 Å². The van der Waals surface area contributed by atoms with Crippen LogP contribution < -0.4 is 0 Å². The van der Waals surface area contributed by atoms with E-state index in [0.717, 1.165) is 19.3 Å². The number of sulfone groups is 1. The summed E-state index contributed by atoms with van der Waals surface area (Å²) < 4.78 is 23.1. The topological polar surface area (TPSA) is 49.9 Å². The number of nitrogens with one attached hydrogen (secondary N) is 1. The molecule has 0 aromatic carbocycles. The molecular formula is C9H15NO2S. The summed E-state index contributed by atoms with van der Waals surface area (Å²) in [5.41, 5.74) is 0. The molecule has 0 spiro atoms. The maximum atomic E-state index is 11.5. The zero-order valence-electron chi connectivity index (χ0n) is 7.79. The van der Waals surface area contributed by atoms with E-state index >= 15 is 0 Å². The van der Waals surface area contributed by atoms with E-state index in [2.05, 4.69) is 11.9 Å². The van der Waals surface area contributed by atoms with Gasteiger partial charge in [0.1, 0.15) is 5.03 Å². The van der Waals surface area contributed by atoms with Gasteiger partial charge in [0, 0.05) is 6.20 Å². The van der Waals surface area contributed by atoms with Gasteiger partial charge in [0.2, 0.25) is 0 Å². The van der Waals surface area contributed by atoms with Crippen molar-refractivity contribution in [2.24, 2.45) is 0 Å². The van der Waals surface area contributed by atoms with Crippen LogP contribution in [0.2, 0.25) is 0 Å². The van der Waals surface area contributed by atoms with Gasteiger partial charge in [0.25, 0.3) is 0 Å². The summed E-state index contributed by atoms with van der Waals surface area (Å²) in [6.45, 7) is 2.06. The maximum absolute atomic E-state index is 11.5. The van der Waals surface area contributed by atoms with Crippen LogP contribution in [-0.2, 0) is 9.84 Å². The van der Waals surface area contributed by atoms with Crippen molar-refractivity contribution in [2.45, 2.75) is 31.2 Å². The van der Waals surface area contributed by atoms with Crippen molar-refractivity contribution in [2.75, 3.05) is 5.75 Å². The molecule has 0 atom stereocenters. The predicted octanol–water partition coefficient (Wildman–Crippen LogP) is 1.98. The quantitative estimate of drug-likeness (QED) is 0.740. The molecule has 1 rings (SSSR count). The number of hydrogen-bond acceptors (Lipinski definition) is 2. The predicted molar refractivity (Wildman–Crippen MR) is 52.4 cm³/mol. The molecule has 0 amide bonds. The van der Waals surface area contributed by atoms with E-state index in [1.165, 1.54) is 0 Å². The minimum Gasteiger partial charge on any atom is -0.352 e. The van der Waals surface area contributed by atoms with Gasteiger partial charge in [0.15, 0.2) is 9.84 Å². The van der Waals surface area contributed by atoms with Crippen molar-refractivity contribution >= 4 is 9.84 Å². The highest BCUT2D eigenvalue weighted by atomic mass is 32.2. The molecule has 0 saturated heterocycles. The summed E-state index contributed by atoms with van der Waals surface area (Å²) in [5.74, 6) is 0.251. The standard InChI is InChI=1S/C9H15NO2S/c1-2-3-4-8-13(11,12)9-6-5-7-10-9/h5-7,10H,2-4,8H2,1H3. The molecule has 0 aliphatic carbocycles. The molecule has 0 saturated carbocycles. The summed E-state index contributed by atoms with van der Waals surface area (Å²) in [6, 6.07) is 3.30. The first kappa shape index (κ1) is 10.3. The van der Waals surface area contributed by atoms with Crippen molar-refractivity contribution < 1.29 is 8.42 Å². The molecule has 0 aliphatic rings. The van der Waals surface area contributed by atoms with E-state index in [1.54, 1.807) is 18.3 Å². The molecular weight excluding hydrogens is 186 g/mol. The summed E-state index contributed by atoms with van der Waals surface area (Å²) in [6.07, 6.45) is 4.39. The summed E-state index contributed by atoms with van der Waals surface area (Å²) in [5, 5.41) is 0.337. The summed E-state index contributed by atoms with van der Waals surface area (Å²) >= 11 is 0. The van der Waals surface area contributed by atoms with Gasteiger partial charge < -0.3 is 4.98 Å². The third-order valence-corrected chi connectivity index (χ3v) is 3.67. The molecule has 74 valence electrons. The van der Waals surface area contributed by atoms with E-state index in [4.69, 9.17) is 0 Å². The molecule has 1 heterocycles. The molecule has 0 aliphatic heterocycles. The second-order valence-corrected chi connectivity index (χ2v) is 5.14. The Hall–Kier alpha value is -0.770. The number of H-pyrrole nitrogens is 1. The fraction of sp³-hybridized carbons (Fsp3) is 0.556. The number of hydrogen-bond donors (Lipinski definition) is 1. The minimum atomic E-state index is -3.04. The number of aromatic amines is 1. The highest BCUT2D eigenvalue weighted by molar-refractivity contribution is 7.91. The highest BCUT2D eigenvalue weighted by Crippen LogP contribution is 2.09. The lowest BCUT2D eigenvalue weighted by Gasteiger charge is -2.00. The lowest BCUT2D eigenvalue weighted by atomic mass is 10.3. The van der Waals surface area contributed by atoms with Gasteiger partial charge in [-0.1, -0.05) is 19.8 Å². The SMILES string of the molecule is CCCCCS(=O)(=O)c1ccc[nH]1. The normalized spacial score (nSPS) is 11.8. The van der Waals surface area contributed by atoms with E-state index in [1.807, 2.05) is 0 Å². The van der Waals surface area contributed by atoms with Crippen LogP contribution >= 0.6 is 0 Å². The first-order valence-corrected chi connectivity index (χ1v) is 6.18. The van der Waals surface area contributed by atoms with Gasteiger partial charge in [-0.2, -0.15) is 0 Å². The fourth-order valence-electron chi connectivity index (χ4n) is 1.16. The van der Waals surface area contributed by atoms with Crippen LogP contribution in [-0.4, -0.2) is 19.2 Å². The van der Waals surface area contributed by atoms with Crippen LogP contribution in [0.5, 0.6) is 0 Å². The largest absolute Gasteiger partial charge is 0.352 e. The van der Waals surface area contributed by atoms with Crippen molar-refractivity contribution in [3.05, 3.63) is 18.3 Å².